The Bertz CT molecular complexity index is 560. The van der Waals surface area contributed by atoms with E-state index in [1.807, 2.05) is 0 Å². The van der Waals surface area contributed by atoms with Crippen LogP contribution >= 0.6 is 0 Å². The number of aromatic carboxylic acids is 1. The molecule has 1 aromatic rings. The van der Waals surface area contributed by atoms with Crippen LogP contribution in [0.5, 0.6) is 0 Å². The van der Waals surface area contributed by atoms with Crippen LogP contribution in [0.4, 0.5) is 0 Å². The Morgan fingerprint density at radius 1 is 1.50 bits per heavy atom. The van der Waals surface area contributed by atoms with Gasteiger partial charge in [-0.2, -0.15) is 4.31 Å². The molecule has 6 nitrogen and oxygen atoms in total. The highest BCUT2D eigenvalue weighted by Crippen LogP contribution is 2.20. The summed E-state index contributed by atoms with van der Waals surface area (Å²) in [5.74, 6) is -0.246. The van der Waals surface area contributed by atoms with E-state index in [0.717, 1.165) is 6.42 Å². The molecule has 100 valence electrons. The molecule has 0 saturated carbocycles. The van der Waals surface area contributed by atoms with Gasteiger partial charge in [0.1, 0.15) is 17.1 Å². The van der Waals surface area contributed by atoms with Gasteiger partial charge in [0, 0.05) is 6.54 Å². The second kappa shape index (κ2) is 4.74. The third kappa shape index (κ3) is 2.56. The van der Waals surface area contributed by atoms with Crippen LogP contribution < -0.4 is 0 Å². The standard InChI is InChI=1S/C11H15NO5S/c1-8-10(11(13)14)6-9(17-8)7-12-4-2-3-5-18(12,15)16/h6H,2-5,7H2,1H3,(H,13,14). The van der Waals surface area contributed by atoms with Crippen LogP contribution in [0, 0.1) is 6.92 Å². The summed E-state index contributed by atoms with van der Waals surface area (Å²) in [6.07, 6.45) is 1.50. The fourth-order valence-corrected chi connectivity index (χ4v) is 3.58. The number of hydrogen-bond donors (Lipinski definition) is 1. The Balaban J connectivity index is 2.19. The lowest BCUT2D eigenvalue weighted by atomic mass is 10.2. The molecule has 1 saturated heterocycles. The van der Waals surface area contributed by atoms with Crippen molar-refractivity contribution in [1.29, 1.82) is 0 Å². The molecule has 2 heterocycles. The molecule has 0 amide bonds. The molecular weight excluding hydrogens is 258 g/mol. The SMILES string of the molecule is Cc1oc(CN2CCCCS2(=O)=O)cc1C(=O)O. The molecule has 0 bridgehead atoms. The van der Waals surface area contributed by atoms with E-state index in [1.54, 1.807) is 6.92 Å². The second-order valence-electron chi connectivity index (χ2n) is 4.34. The second-order valence-corrected chi connectivity index (χ2v) is 6.43. The fourth-order valence-electron chi connectivity index (χ4n) is 2.03. The van der Waals surface area contributed by atoms with Crippen LogP contribution in [-0.2, 0) is 16.6 Å². The molecule has 0 aliphatic carbocycles. The smallest absolute Gasteiger partial charge is 0.339 e. The number of nitrogens with zero attached hydrogens (tertiary/aromatic N) is 1. The average Bonchev–Trinajstić information content (AvgIpc) is 2.63. The van der Waals surface area contributed by atoms with Gasteiger partial charge < -0.3 is 9.52 Å². The predicted molar refractivity (Wildman–Crippen MR) is 63.8 cm³/mol. The van der Waals surface area contributed by atoms with Crippen molar-refractivity contribution in [3.8, 4) is 0 Å². The van der Waals surface area contributed by atoms with Gasteiger partial charge in [0.05, 0.1) is 12.3 Å². The number of carboxylic acid groups (broad SMARTS) is 1. The number of hydrogen-bond acceptors (Lipinski definition) is 4. The highest BCUT2D eigenvalue weighted by atomic mass is 32.2. The normalized spacial score (nSPS) is 19.8. The van der Waals surface area contributed by atoms with Gasteiger partial charge in [-0.3, -0.25) is 0 Å². The maximum Gasteiger partial charge on any atom is 0.339 e. The van der Waals surface area contributed by atoms with Gasteiger partial charge in [0.15, 0.2) is 0 Å². The van der Waals surface area contributed by atoms with Crippen molar-refractivity contribution in [3.63, 3.8) is 0 Å². The Morgan fingerprint density at radius 2 is 2.22 bits per heavy atom. The lowest BCUT2D eigenvalue weighted by Crippen LogP contribution is -2.37. The molecule has 0 radical (unpaired) electrons. The first-order valence-corrected chi connectivity index (χ1v) is 7.31. The molecule has 1 fully saturated rings. The summed E-state index contributed by atoms with van der Waals surface area (Å²) in [5.41, 5.74) is 0.0828. The molecule has 2 rings (SSSR count). The Morgan fingerprint density at radius 3 is 2.78 bits per heavy atom. The number of rotatable bonds is 3. The zero-order valence-electron chi connectivity index (χ0n) is 10.0. The van der Waals surface area contributed by atoms with E-state index in [1.165, 1.54) is 10.4 Å². The largest absolute Gasteiger partial charge is 0.478 e. The molecule has 18 heavy (non-hydrogen) atoms. The first-order chi connectivity index (χ1) is 8.40. The zero-order valence-corrected chi connectivity index (χ0v) is 10.9. The van der Waals surface area contributed by atoms with Crippen molar-refractivity contribution in [2.24, 2.45) is 0 Å². The summed E-state index contributed by atoms with van der Waals surface area (Å²) in [7, 11) is -3.22. The van der Waals surface area contributed by atoms with E-state index >= 15 is 0 Å². The highest BCUT2D eigenvalue weighted by Gasteiger charge is 2.27. The first-order valence-electron chi connectivity index (χ1n) is 5.70. The van der Waals surface area contributed by atoms with Gasteiger partial charge in [0.2, 0.25) is 10.0 Å². The van der Waals surface area contributed by atoms with E-state index in [2.05, 4.69) is 0 Å². The Labute approximate surface area is 105 Å². The van der Waals surface area contributed by atoms with Crippen molar-refractivity contribution in [2.75, 3.05) is 12.3 Å². The van der Waals surface area contributed by atoms with Crippen LogP contribution in [-0.4, -0.2) is 36.1 Å². The van der Waals surface area contributed by atoms with Gasteiger partial charge in [0.25, 0.3) is 0 Å². The molecule has 1 N–H and O–H groups in total. The predicted octanol–water partition coefficient (Wildman–Crippen LogP) is 1.21. The van der Waals surface area contributed by atoms with Gasteiger partial charge in [-0.15, -0.1) is 0 Å². The number of carboxylic acids is 1. The molecular formula is C11H15NO5S. The monoisotopic (exact) mass is 273 g/mol. The molecule has 1 aliphatic heterocycles. The molecule has 7 heteroatoms. The van der Waals surface area contributed by atoms with Crippen LogP contribution in [0.15, 0.2) is 10.5 Å². The summed E-state index contributed by atoms with van der Waals surface area (Å²) in [4.78, 5) is 10.9. The molecule has 1 aliphatic rings. The maximum atomic E-state index is 11.8. The van der Waals surface area contributed by atoms with Crippen LogP contribution in [0.25, 0.3) is 0 Å². The molecule has 1 aromatic heterocycles. The summed E-state index contributed by atoms with van der Waals surface area (Å²) in [5, 5.41) is 8.90. The summed E-state index contributed by atoms with van der Waals surface area (Å²) in [6.45, 7) is 2.12. The molecule has 0 spiro atoms. The molecule has 0 aromatic carbocycles. The van der Waals surface area contributed by atoms with Gasteiger partial charge in [-0.1, -0.05) is 0 Å². The first kappa shape index (κ1) is 13.1. The summed E-state index contributed by atoms with van der Waals surface area (Å²) in [6, 6.07) is 1.39. The lowest BCUT2D eigenvalue weighted by molar-refractivity contribution is 0.0695. The van der Waals surface area contributed by atoms with Gasteiger partial charge >= 0.3 is 5.97 Å². The summed E-state index contributed by atoms with van der Waals surface area (Å²) < 4.78 is 30.2. The lowest BCUT2D eigenvalue weighted by Gasteiger charge is -2.25. The van der Waals surface area contributed by atoms with Crippen LogP contribution in [0.2, 0.25) is 0 Å². The maximum absolute atomic E-state index is 11.8. The van der Waals surface area contributed by atoms with E-state index in [4.69, 9.17) is 9.52 Å². The number of carbonyl (C=O) groups is 1. The molecule has 0 unspecified atom stereocenters. The number of aryl methyl sites for hydroxylation is 1. The van der Waals surface area contributed by atoms with Gasteiger partial charge in [-0.05, 0) is 25.8 Å². The van der Waals surface area contributed by atoms with Crippen molar-refractivity contribution in [2.45, 2.75) is 26.3 Å². The number of furan rings is 1. The minimum absolute atomic E-state index is 0.0828. The van der Waals surface area contributed by atoms with Crippen molar-refractivity contribution < 1.29 is 22.7 Å². The average molecular weight is 273 g/mol. The van der Waals surface area contributed by atoms with Crippen molar-refractivity contribution in [3.05, 3.63) is 23.2 Å². The van der Waals surface area contributed by atoms with E-state index in [9.17, 15) is 13.2 Å². The quantitative estimate of drug-likeness (QED) is 0.894. The van der Waals surface area contributed by atoms with Crippen LogP contribution in [0.3, 0.4) is 0 Å². The Hall–Kier alpha value is -1.34. The van der Waals surface area contributed by atoms with Crippen LogP contribution in [0.1, 0.15) is 34.7 Å². The minimum atomic E-state index is -3.22. The Kier molecular flexibility index (Phi) is 3.45. The zero-order chi connectivity index (χ0) is 13.3. The van der Waals surface area contributed by atoms with Crippen molar-refractivity contribution in [1.82, 2.24) is 4.31 Å². The van der Waals surface area contributed by atoms with Crippen molar-refractivity contribution >= 4 is 16.0 Å². The minimum Gasteiger partial charge on any atom is -0.478 e. The van der Waals surface area contributed by atoms with Gasteiger partial charge in [-0.25, -0.2) is 13.2 Å². The number of sulfonamides is 1. The van der Waals surface area contributed by atoms with E-state index in [-0.39, 0.29) is 17.9 Å². The van der Waals surface area contributed by atoms with E-state index < -0.39 is 16.0 Å². The fraction of sp³-hybridized carbons (Fsp3) is 0.545. The third-order valence-electron chi connectivity index (χ3n) is 2.98. The third-order valence-corrected chi connectivity index (χ3v) is 4.89. The van der Waals surface area contributed by atoms with E-state index in [0.29, 0.717) is 24.5 Å². The topological polar surface area (TPSA) is 87.8 Å². The highest BCUT2D eigenvalue weighted by molar-refractivity contribution is 7.89. The molecule has 0 atom stereocenters. The summed E-state index contributed by atoms with van der Waals surface area (Å²) >= 11 is 0.